The summed E-state index contributed by atoms with van der Waals surface area (Å²) in [6, 6.07) is 10.8. The van der Waals surface area contributed by atoms with E-state index in [9.17, 15) is 19.5 Å². The van der Waals surface area contributed by atoms with Crippen molar-refractivity contribution in [1.82, 2.24) is 20.7 Å². The molecule has 4 rings (SSSR count). The number of ether oxygens (including phenoxy) is 2. The number of aliphatic hydroxyl groups excluding tert-OH is 1. The summed E-state index contributed by atoms with van der Waals surface area (Å²) in [5.74, 6) is -0.109. The van der Waals surface area contributed by atoms with Crippen molar-refractivity contribution in [3.8, 4) is 16.9 Å². The first-order valence-corrected chi connectivity index (χ1v) is 22.7. The van der Waals surface area contributed by atoms with Crippen molar-refractivity contribution in [3.05, 3.63) is 51.2 Å². The summed E-state index contributed by atoms with van der Waals surface area (Å²) in [6.45, 7) is 23.4. The van der Waals surface area contributed by atoms with Crippen LogP contribution in [0.15, 0.2) is 36.4 Å². The SMILES string of the molecule is COC(=O)[C@@H]1CCCN(C(=O)[C@H](Cc2cc(O[Si](C(C)C)(C(C)C)C(C)C)cc(-c3ccc4[nH]c(I)c(CC(C)(C)CO)c4c3)c2)NC(=O)OC(C)(C)C)N1. The topological polar surface area (TPSA) is 142 Å². The Labute approximate surface area is 342 Å². The van der Waals surface area contributed by atoms with Gasteiger partial charge < -0.3 is 29.3 Å². The Balaban J connectivity index is 1.87. The average molecular weight is 891 g/mol. The van der Waals surface area contributed by atoms with Gasteiger partial charge in [-0.2, -0.15) is 0 Å². The largest absolute Gasteiger partial charge is 0.543 e. The monoisotopic (exact) mass is 890 g/mol. The minimum atomic E-state index is -2.41. The number of carbonyl (C=O) groups is 3. The molecular formula is C42H63IN4O7Si. The molecule has 2 aromatic carbocycles. The number of fused-ring (bicyclic) bond motifs is 1. The van der Waals surface area contributed by atoms with Gasteiger partial charge in [0.2, 0.25) is 0 Å². The number of hydrogen-bond donors (Lipinski definition) is 4. The molecule has 2 amide bonds. The predicted octanol–water partition coefficient (Wildman–Crippen LogP) is 8.66. The van der Waals surface area contributed by atoms with Gasteiger partial charge in [0.25, 0.3) is 14.2 Å². The number of carbonyl (C=O) groups excluding carboxylic acids is 3. The van der Waals surface area contributed by atoms with Gasteiger partial charge in [-0.1, -0.05) is 67.5 Å². The van der Waals surface area contributed by atoms with Gasteiger partial charge in [-0.05, 0) is 131 Å². The van der Waals surface area contributed by atoms with E-state index in [1.807, 2.05) is 6.07 Å². The molecule has 1 saturated heterocycles. The van der Waals surface area contributed by atoms with E-state index in [0.29, 0.717) is 42.4 Å². The standard InChI is InChI=1S/C42H63IN4O7Si/c1-25(2)55(26(3)4,27(5)6)54-31-19-28(18-30(21-31)29-15-16-34-32(22-29)33(37(43)44-34)23-42(10,11)24-48)20-36(45-40(51)53-41(7,8)9)38(49)47-17-13-14-35(46-47)39(50)52-12/h15-16,18-19,21-22,25-27,35-36,44,46,48H,13-14,17,20,23-24H2,1-12H3,(H,45,51)/t35-,36-/m0/s1. The smallest absolute Gasteiger partial charge is 0.408 e. The zero-order valence-corrected chi connectivity index (χ0v) is 38.0. The van der Waals surface area contributed by atoms with Gasteiger partial charge in [0.1, 0.15) is 23.4 Å². The van der Waals surface area contributed by atoms with Crippen LogP contribution in [0.5, 0.6) is 5.75 Å². The predicted molar refractivity (Wildman–Crippen MR) is 229 cm³/mol. The van der Waals surface area contributed by atoms with Gasteiger partial charge in [-0.3, -0.25) is 14.6 Å². The lowest BCUT2D eigenvalue weighted by atomic mass is 9.86. The van der Waals surface area contributed by atoms with Crippen LogP contribution in [0.3, 0.4) is 0 Å². The molecule has 55 heavy (non-hydrogen) atoms. The van der Waals surface area contributed by atoms with Crippen LogP contribution in [0, 0.1) is 9.12 Å². The molecule has 0 bridgehead atoms. The van der Waals surface area contributed by atoms with Crippen LogP contribution < -0.4 is 15.2 Å². The Hall–Kier alpha value is -3.14. The summed E-state index contributed by atoms with van der Waals surface area (Å²) in [4.78, 5) is 43.6. The molecule has 2 heterocycles. The van der Waals surface area contributed by atoms with Gasteiger partial charge in [0.15, 0.2) is 0 Å². The van der Waals surface area contributed by atoms with Crippen molar-refractivity contribution in [2.24, 2.45) is 5.41 Å². The number of aliphatic hydroxyl groups is 1. The Bertz CT molecular complexity index is 1810. The van der Waals surface area contributed by atoms with Crippen molar-refractivity contribution in [1.29, 1.82) is 0 Å². The number of halogens is 1. The van der Waals surface area contributed by atoms with E-state index in [4.69, 9.17) is 13.9 Å². The maximum absolute atomic E-state index is 14.3. The first-order chi connectivity index (χ1) is 25.6. The number of benzene rings is 2. The molecule has 0 saturated carbocycles. The molecule has 3 aromatic rings. The highest BCUT2D eigenvalue weighted by Gasteiger charge is 2.47. The molecule has 0 unspecified atom stereocenters. The molecule has 1 aromatic heterocycles. The van der Waals surface area contributed by atoms with E-state index >= 15 is 0 Å². The van der Waals surface area contributed by atoms with Gasteiger partial charge in [-0.15, -0.1) is 0 Å². The lowest BCUT2D eigenvalue weighted by Gasteiger charge is -2.42. The number of hydrogen-bond acceptors (Lipinski definition) is 8. The van der Waals surface area contributed by atoms with Gasteiger partial charge >= 0.3 is 12.1 Å². The van der Waals surface area contributed by atoms with Crippen LogP contribution in [0.2, 0.25) is 16.6 Å². The summed E-state index contributed by atoms with van der Waals surface area (Å²) >= 11 is 2.34. The van der Waals surface area contributed by atoms with Gasteiger partial charge in [-0.25, -0.2) is 10.2 Å². The first-order valence-electron chi connectivity index (χ1n) is 19.5. The molecule has 4 N–H and O–H groups in total. The van der Waals surface area contributed by atoms with E-state index in [-0.39, 0.29) is 24.3 Å². The number of nitrogens with one attached hydrogen (secondary N) is 3. The number of hydrazine groups is 1. The number of rotatable bonds is 14. The fraction of sp³-hybridized carbons (Fsp3) is 0.595. The Morgan fingerprint density at radius 3 is 2.22 bits per heavy atom. The number of H-pyrrole nitrogens is 1. The Kier molecular flexibility index (Phi) is 14.6. The van der Waals surface area contributed by atoms with E-state index < -0.39 is 38.1 Å². The van der Waals surface area contributed by atoms with E-state index in [0.717, 1.165) is 42.6 Å². The van der Waals surface area contributed by atoms with Crippen molar-refractivity contribution < 1.29 is 33.4 Å². The molecule has 1 fully saturated rings. The first kappa shape index (κ1) is 44.6. The molecule has 1 aliphatic heterocycles. The number of nitrogens with zero attached hydrogens (tertiary/aromatic N) is 1. The number of methoxy groups -OCH3 is 1. The lowest BCUT2D eigenvalue weighted by Crippen LogP contribution is -2.60. The summed E-state index contributed by atoms with van der Waals surface area (Å²) < 4.78 is 18.9. The highest BCUT2D eigenvalue weighted by atomic mass is 127. The van der Waals surface area contributed by atoms with Crippen LogP contribution in [0.4, 0.5) is 4.79 Å². The second-order valence-electron chi connectivity index (χ2n) is 17.7. The third-order valence-corrected chi connectivity index (χ3v) is 17.5. The van der Waals surface area contributed by atoms with Crippen LogP contribution in [-0.2, 0) is 31.9 Å². The van der Waals surface area contributed by atoms with Crippen LogP contribution in [0.25, 0.3) is 22.0 Å². The van der Waals surface area contributed by atoms with E-state index in [1.165, 1.54) is 12.1 Å². The minimum Gasteiger partial charge on any atom is -0.543 e. The summed E-state index contributed by atoms with van der Waals surface area (Å²) in [5.41, 5.74) is 7.79. The molecule has 304 valence electrons. The number of alkyl carbamates (subject to hydrolysis) is 1. The molecule has 0 spiro atoms. The molecule has 11 nitrogen and oxygen atoms in total. The van der Waals surface area contributed by atoms with Crippen molar-refractivity contribution in [3.63, 3.8) is 0 Å². The van der Waals surface area contributed by atoms with E-state index in [1.54, 1.807) is 20.8 Å². The van der Waals surface area contributed by atoms with Gasteiger partial charge in [0.05, 0.1) is 10.8 Å². The fourth-order valence-corrected chi connectivity index (χ4v) is 14.0. The maximum atomic E-state index is 14.3. The van der Waals surface area contributed by atoms with E-state index in [2.05, 4.69) is 124 Å². The normalized spacial score (nSPS) is 16.2. The number of aromatic nitrogens is 1. The zero-order chi connectivity index (χ0) is 41.0. The second kappa shape index (κ2) is 18.0. The van der Waals surface area contributed by atoms with Crippen LogP contribution in [0.1, 0.15) is 100 Å². The quantitative estimate of drug-likeness (QED) is 0.0716. The number of amides is 2. The zero-order valence-electron chi connectivity index (χ0n) is 34.8. The molecule has 0 aliphatic carbocycles. The summed E-state index contributed by atoms with van der Waals surface area (Å²) in [5, 5.41) is 15.5. The Morgan fingerprint density at radius 2 is 1.64 bits per heavy atom. The minimum absolute atomic E-state index is 0.0683. The number of esters is 1. The maximum Gasteiger partial charge on any atom is 0.408 e. The molecule has 2 atom stereocenters. The van der Waals surface area contributed by atoms with Crippen molar-refractivity contribution in [2.45, 2.75) is 136 Å². The van der Waals surface area contributed by atoms with Gasteiger partial charge in [0, 0.05) is 30.5 Å². The fourth-order valence-electron chi connectivity index (χ4n) is 7.99. The molecule has 0 radical (unpaired) electrons. The average Bonchev–Trinajstić information content (AvgIpc) is 3.41. The third-order valence-electron chi connectivity index (χ3n) is 10.6. The second-order valence-corrected chi connectivity index (χ2v) is 24.2. The van der Waals surface area contributed by atoms with Crippen LogP contribution >= 0.6 is 22.6 Å². The molecule has 13 heteroatoms. The van der Waals surface area contributed by atoms with Crippen LogP contribution in [-0.4, -0.2) is 79.3 Å². The Morgan fingerprint density at radius 1 is 0.982 bits per heavy atom. The lowest BCUT2D eigenvalue weighted by molar-refractivity contribution is -0.150. The highest BCUT2D eigenvalue weighted by Crippen LogP contribution is 2.44. The van der Waals surface area contributed by atoms with Crippen molar-refractivity contribution >= 4 is 59.8 Å². The molecule has 1 aliphatic rings. The highest BCUT2D eigenvalue weighted by molar-refractivity contribution is 14.1. The third kappa shape index (κ3) is 10.8. The van der Waals surface area contributed by atoms with Crippen molar-refractivity contribution in [2.75, 3.05) is 20.3 Å². The molecular weight excluding hydrogens is 827 g/mol. The summed E-state index contributed by atoms with van der Waals surface area (Å²) in [6.07, 6.45) is 1.25. The summed E-state index contributed by atoms with van der Waals surface area (Å²) in [7, 11) is -1.08. The number of aromatic amines is 1.